The lowest BCUT2D eigenvalue weighted by molar-refractivity contribution is -0.193. The number of allylic oxidation sites excluding steroid dienone is 2. The third-order valence-corrected chi connectivity index (χ3v) is 16.5. The fourth-order valence-corrected chi connectivity index (χ4v) is 13.8. The van der Waals surface area contributed by atoms with Crippen LogP contribution in [0.1, 0.15) is 146 Å². The maximum Gasteiger partial charge on any atom is 0.306 e. The highest BCUT2D eigenvalue weighted by atomic mass is 16.4. The van der Waals surface area contributed by atoms with Crippen molar-refractivity contribution in [3.8, 4) is 0 Å². The molecule has 0 radical (unpaired) electrons. The third kappa shape index (κ3) is 5.71. The Morgan fingerprint density at radius 3 is 2.18 bits per heavy atom. The van der Waals surface area contributed by atoms with Gasteiger partial charge in [0.25, 0.3) is 0 Å². The first-order valence-corrected chi connectivity index (χ1v) is 20.0. The number of aliphatic carboxylic acids is 1. The largest absolute Gasteiger partial charge is 0.481 e. The van der Waals surface area contributed by atoms with Crippen LogP contribution in [0.15, 0.2) is 11.1 Å². The summed E-state index contributed by atoms with van der Waals surface area (Å²) >= 11 is 0. The van der Waals surface area contributed by atoms with Gasteiger partial charge in [0, 0.05) is 36.1 Å². The quantitative estimate of drug-likeness (QED) is 0.267. The van der Waals surface area contributed by atoms with Crippen LogP contribution < -0.4 is 5.32 Å². The van der Waals surface area contributed by atoms with E-state index in [9.17, 15) is 24.3 Å². The van der Waals surface area contributed by atoms with Gasteiger partial charge in [-0.15, -0.1) is 0 Å². The Hall–Kier alpha value is -1.98. The van der Waals surface area contributed by atoms with Crippen LogP contribution in [0.3, 0.4) is 0 Å². The number of hydrogen-bond donors (Lipinski definition) is 2. The van der Waals surface area contributed by atoms with Gasteiger partial charge in [0.05, 0.1) is 5.92 Å². The summed E-state index contributed by atoms with van der Waals surface area (Å²) in [5.74, 6) is 2.32. The van der Waals surface area contributed by atoms with Crippen molar-refractivity contribution in [2.75, 3.05) is 6.54 Å². The molecule has 6 rings (SSSR count). The van der Waals surface area contributed by atoms with Crippen molar-refractivity contribution in [2.45, 2.75) is 146 Å². The minimum Gasteiger partial charge on any atom is -0.481 e. The van der Waals surface area contributed by atoms with Gasteiger partial charge in [-0.25, -0.2) is 0 Å². The monoisotopic (exact) mass is 678 g/mol. The molecule has 11 unspecified atom stereocenters. The van der Waals surface area contributed by atoms with Crippen LogP contribution in [0.4, 0.5) is 0 Å². The van der Waals surface area contributed by atoms with E-state index in [0.717, 1.165) is 31.3 Å². The molecule has 0 bridgehead atoms. The molecule has 6 heteroatoms. The molecule has 2 N–H and O–H groups in total. The van der Waals surface area contributed by atoms with E-state index >= 15 is 0 Å². The van der Waals surface area contributed by atoms with E-state index in [4.69, 9.17) is 0 Å². The molecule has 49 heavy (non-hydrogen) atoms. The van der Waals surface area contributed by atoms with Crippen molar-refractivity contribution in [3.05, 3.63) is 11.1 Å². The van der Waals surface area contributed by atoms with Crippen LogP contribution in [0, 0.1) is 80.3 Å². The van der Waals surface area contributed by atoms with Crippen LogP contribution in [0.25, 0.3) is 0 Å². The van der Waals surface area contributed by atoms with Gasteiger partial charge in [0.1, 0.15) is 5.78 Å². The lowest BCUT2D eigenvalue weighted by Crippen LogP contribution is -2.62. The highest BCUT2D eigenvalue weighted by molar-refractivity contribution is 6.00. The highest BCUT2D eigenvalue weighted by Gasteiger charge is 2.66. The second-order valence-electron chi connectivity index (χ2n) is 20.5. The first kappa shape index (κ1) is 36.8. The molecule has 0 aromatic heterocycles. The Morgan fingerprint density at radius 1 is 0.898 bits per heavy atom. The Bertz CT molecular complexity index is 1420. The third-order valence-electron chi connectivity index (χ3n) is 16.5. The van der Waals surface area contributed by atoms with E-state index in [2.05, 4.69) is 46.9 Å². The van der Waals surface area contributed by atoms with Gasteiger partial charge in [-0.1, -0.05) is 74.8 Å². The number of hydrogen-bond acceptors (Lipinski definition) is 4. The predicted molar refractivity (Wildman–Crippen MR) is 193 cm³/mol. The molecule has 11 atom stereocenters. The molecule has 0 aliphatic heterocycles. The maximum absolute atomic E-state index is 13.8. The zero-order chi connectivity index (χ0) is 36.1. The van der Waals surface area contributed by atoms with E-state index < -0.39 is 11.4 Å². The number of carboxylic acid groups (broad SMARTS) is 1. The van der Waals surface area contributed by atoms with Crippen molar-refractivity contribution in [1.29, 1.82) is 0 Å². The van der Waals surface area contributed by atoms with Crippen LogP contribution in [-0.4, -0.2) is 35.1 Å². The minimum absolute atomic E-state index is 0.0505. The Kier molecular flexibility index (Phi) is 9.25. The fraction of sp³-hybridized carbons (Fsp3) is 0.860. The zero-order valence-electron chi connectivity index (χ0n) is 32.5. The summed E-state index contributed by atoms with van der Waals surface area (Å²) in [5.41, 5.74) is 2.61. The van der Waals surface area contributed by atoms with E-state index in [0.29, 0.717) is 67.0 Å². The number of ketones is 2. The van der Waals surface area contributed by atoms with Gasteiger partial charge in [0.2, 0.25) is 5.91 Å². The summed E-state index contributed by atoms with van der Waals surface area (Å²) < 4.78 is 0. The van der Waals surface area contributed by atoms with E-state index in [1.165, 1.54) is 37.7 Å². The number of fused-ring (bicyclic) bond motifs is 7. The van der Waals surface area contributed by atoms with E-state index in [-0.39, 0.29) is 51.2 Å². The Labute approximate surface area is 296 Å². The second-order valence-corrected chi connectivity index (χ2v) is 20.5. The molecule has 0 spiro atoms. The van der Waals surface area contributed by atoms with E-state index in [1.807, 2.05) is 27.7 Å². The molecule has 1 amide bonds. The summed E-state index contributed by atoms with van der Waals surface area (Å²) in [6.45, 7) is 23.0. The molecule has 5 saturated carbocycles. The number of rotatable bonds is 8. The summed E-state index contributed by atoms with van der Waals surface area (Å²) in [6.07, 6.45) is 11.9. The van der Waals surface area contributed by atoms with Crippen molar-refractivity contribution < 1.29 is 24.3 Å². The van der Waals surface area contributed by atoms with Crippen LogP contribution >= 0.6 is 0 Å². The molecule has 0 aromatic carbocycles. The average Bonchev–Trinajstić information content (AvgIpc) is 3.29. The number of nitrogens with one attached hydrogen (secondary N) is 1. The smallest absolute Gasteiger partial charge is 0.306 e. The number of Topliss-reactive ketones (excluding diaryl/α,β-unsaturated/α-hetero) is 2. The van der Waals surface area contributed by atoms with E-state index in [1.54, 1.807) is 0 Å². The molecule has 0 saturated heterocycles. The molecule has 6 aliphatic rings. The van der Waals surface area contributed by atoms with Gasteiger partial charge >= 0.3 is 5.97 Å². The maximum atomic E-state index is 13.8. The van der Waals surface area contributed by atoms with Crippen LogP contribution in [0.2, 0.25) is 0 Å². The number of carboxylic acids is 1. The molecule has 0 aromatic rings. The van der Waals surface area contributed by atoms with Gasteiger partial charge in [0.15, 0.2) is 5.78 Å². The molecule has 6 nitrogen and oxygen atoms in total. The molecule has 6 aliphatic carbocycles. The zero-order valence-corrected chi connectivity index (χ0v) is 32.5. The fourth-order valence-electron chi connectivity index (χ4n) is 13.8. The van der Waals surface area contributed by atoms with Crippen LogP contribution in [0.5, 0.6) is 0 Å². The average molecular weight is 678 g/mol. The Balaban J connectivity index is 1.22. The predicted octanol–water partition coefficient (Wildman–Crippen LogP) is 9.06. The standard InChI is InChI=1S/C43H67NO5/c1-24(2)35-32(46)23-43(19-20-44-38(49)39(4,5)6)18-14-30-27(36(35)43)11-12-34-41(30,9)17-15-33-40(7,8)26(13-16-42(33,34)10)21-31(45)28-22-29(25(28)3)37(47)48/h24-30,33-34H,11-23H2,1-10H3,(H,44,49)(H,47,48). The van der Waals surface area contributed by atoms with Crippen molar-refractivity contribution >= 4 is 23.4 Å². The number of carbonyl (C=O) groups excluding carboxylic acids is 3. The topological polar surface area (TPSA) is 101 Å². The molecule has 0 heterocycles. The summed E-state index contributed by atoms with van der Waals surface area (Å²) in [7, 11) is 0. The SMILES string of the molecule is CC(C)C1=C2C3CCC4C(C)(CCC5C(C)(C)C(CC(=O)C6CC(C(=O)O)C6C)CCC54C)C3CCC2(CCNC(=O)C(C)(C)C)CC1=O. The molecular formula is C43H67NO5. The lowest BCUT2D eigenvalue weighted by atomic mass is 9.35. The molecule has 5 fully saturated rings. The van der Waals surface area contributed by atoms with Crippen molar-refractivity contribution in [3.63, 3.8) is 0 Å². The van der Waals surface area contributed by atoms with Crippen LogP contribution in [-0.2, 0) is 19.2 Å². The van der Waals surface area contributed by atoms with Gasteiger partial charge in [-0.3, -0.25) is 19.2 Å². The van der Waals surface area contributed by atoms with Crippen molar-refractivity contribution in [1.82, 2.24) is 5.32 Å². The number of amides is 1. The van der Waals surface area contributed by atoms with Gasteiger partial charge < -0.3 is 10.4 Å². The molecular weight excluding hydrogens is 610 g/mol. The van der Waals surface area contributed by atoms with Crippen molar-refractivity contribution in [2.24, 2.45) is 80.3 Å². The molecule has 274 valence electrons. The number of carbonyl (C=O) groups is 4. The Morgan fingerprint density at radius 2 is 1.57 bits per heavy atom. The summed E-state index contributed by atoms with van der Waals surface area (Å²) in [4.78, 5) is 51.7. The second kappa shape index (κ2) is 12.3. The first-order valence-electron chi connectivity index (χ1n) is 20.0. The summed E-state index contributed by atoms with van der Waals surface area (Å²) in [5, 5.41) is 12.7. The minimum atomic E-state index is -0.755. The van der Waals surface area contributed by atoms with Gasteiger partial charge in [-0.2, -0.15) is 0 Å². The van der Waals surface area contributed by atoms with Gasteiger partial charge in [-0.05, 0) is 127 Å². The first-order chi connectivity index (χ1) is 22.7. The normalized spacial score (nSPS) is 42.8. The highest BCUT2D eigenvalue weighted by Crippen LogP contribution is 2.74. The summed E-state index contributed by atoms with van der Waals surface area (Å²) in [6, 6.07) is 0. The lowest BCUT2D eigenvalue weighted by Gasteiger charge is -2.69.